The molecule has 0 fully saturated rings. The summed E-state index contributed by atoms with van der Waals surface area (Å²) in [6, 6.07) is 5.27. The Labute approximate surface area is 116 Å². The van der Waals surface area contributed by atoms with Crippen LogP contribution in [0.15, 0.2) is 23.6 Å². The number of aromatic nitrogens is 1. The van der Waals surface area contributed by atoms with Crippen LogP contribution in [0.3, 0.4) is 0 Å². The highest BCUT2D eigenvalue weighted by molar-refractivity contribution is 7.09. The number of carbonyl (C=O) groups excluding carboxylic acids is 1. The summed E-state index contributed by atoms with van der Waals surface area (Å²) in [5.74, 6) is 1.06. The first-order chi connectivity index (χ1) is 9.24. The quantitative estimate of drug-likeness (QED) is 0.760. The predicted octanol–water partition coefficient (Wildman–Crippen LogP) is 3.24. The Hall–Kier alpha value is -1.88. The molecular weight excluding hydrogens is 262 g/mol. The molecule has 1 aromatic carbocycles. The summed E-state index contributed by atoms with van der Waals surface area (Å²) >= 11 is 1.54. The maximum atomic E-state index is 11.1. The van der Waals surface area contributed by atoms with E-state index in [1.807, 2.05) is 19.2 Å². The monoisotopic (exact) mass is 277 g/mol. The van der Waals surface area contributed by atoms with Crippen molar-refractivity contribution in [3.05, 3.63) is 39.8 Å². The highest BCUT2D eigenvalue weighted by Crippen LogP contribution is 2.31. The van der Waals surface area contributed by atoms with Crippen LogP contribution in [0.25, 0.3) is 0 Å². The Bertz CT molecular complexity index is 566. The van der Waals surface area contributed by atoms with Gasteiger partial charge in [0.1, 0.15) is 11.6 Å². The molecule has 0 unspecified atom stereocenters. The van der Waals surface area contributed by atoms with Crippen LogP contribution in [0.1, 0.15) is 28.0 Å². The van der Waals surface area contributed by atoms with E-state index in [9.17, 15) is 4.79 Å². The summed E-state index contributed by atoms with van der Waals surface area (Å²) in [6.07, 6.45) is 0.769. The van der Waals surface area contributed by atoms with E-state index in [-0.39, 0.29) is 0 Å². The van der Waals surface area contributed by atoms with Gasteiger partial charge in [0.25, 0.3) is 0 Å². The lowest BCUT2D eigenvalue weighted by atomic mass is 10.2. The van der Waals surface area contributed by atoms with E-state index >= 15 is 0 Å². The Kier molecular flexibility index (Phi) is 4.52. The Morgan fingerprint density at radius 1 is 1.37 bits per heavy atom. The molecule has 0 aliphatic carbocycles. The molecule has 0 N–H and O–H groups in total. The van der Waals surface area contributed by atoms with Crippen molar-refractivity contribution in [2.45, 2.75) is 20.5 Å². The number of para-hydroxylation sites is 1. The van der Waals surface area contributed by atoms with E-state index in [1.54, 1.807) is 18.2 Å². The maximum Gasteiger partial charge on any atom is 0.172 e. The van der Waals surface area contributed by atoms with Gasteiger partial charge in [0.2, 0.25) is 0 Å². The molecule has 4 nitrogen and oxygen atoms in total. The van der Waals surface area contributed by atoms with Crippen molar-refractivity contribution in [1.82, 2.24) is 4.98 Å². The summed E-state index contributed by atoms with van der Waals surface area (Å²) in [4.78, 5) is 15.4. The normalized spacial score (nSPS) is 10.2. The fourth-order valence-electron chi connectivity index (χ4n) is 1.65. The minimum Gasteiger partial charge on any atom is -0.490 e. The first-order valence-corrected chi connectivity index (χ1v) is 6.87. The lowest BCUT2D eigenvalue weighted by molar-refractivity contribution is 0.111. The van der Waals surface area contributed by atoms with Gasteiger partial charge in [0.05, 0.1) is 12.2 Å². The number of aryl methyl sites for hydroxylation is 1. The minimum atomic E-state index is 0.337. The molecule has 5 heteroatoms. The average molecular weight is 277 g/mol. The number of ether oxygens (including phenoxy) is 2. The van der Waals surface area contributed by atoms with Gasteiger partial charge >= 0.3 is 0 Å². The Morgan fingerprint density at radius 3 is 2.84 bits per heavy atom. The standard InChI is InChI=1S/C14H15NO3S/c1-3-17-12-6-4-5-11(7-16)14(12)18-8-13-15-10(2)9-19-13/h4-7,9H,3,8H2,1-2H3. The molecule has 1 aromatic heterocycles. The van der Waals surface area contributed by atoms with Crippen LogP contribution < -0.4 is 9.47 Å². The van der Waals surface area contributed by atoms with E-state index in [2.05, 4.69) is 4.98 Å². The molecule has 19 heavy (non-hydrogen) atoms. The van der Waals surface area contributed by atoms with Crippen molar-refractivity contribution >= 4 is 17.6 Å². The molecule has 0 bridgehead atoms. The lowest BCUT2D eigenvalue weighted by Gasteiger charge is -2.12. The predicted molar refractivity (Wildman–Crippen MR) is 74.2 cm³/mol. The third-order valence-corrected chi connectivity index (χ3v) is 3.38. The van der Waals surface area contributed by atoms with Crippen molar-refractivity contribution in [3.8, 4) is 11.5 Å². The van der Waals surface area contributed by atoms with E-state index in [4.69, 9.17) is 9.47 Å². The summed E-state index contributed by atoms with van der Waals surface area (Å²) in [7, 11) is 0. The molecule has 0 spiro atoms. The average Bonchev–Trinajstić information content (AvgIpc) is 2.83. The molecule has 0 saturated heterocycles. The maximum absolute atomic E-state index is 11.1. The fourth-order valence-corrected chi connectivity index (χ4v) is 2.34. The Morgan fingerprint density at radius 2 is 2.21 bits per heavy atom. The topological polar surface area (TPSA) is 48.4 Å². The van der Waals surface area contributed by atoms with Crippen molar-refractivity contribution in [1.29, 1.82) is 0 Å². The number of hydrogen-bond acceptors (Lipinski definition) is 5. The minimum absolute atomic E-state index is 0.337. The van der Waals surface area contributed by atoms with Crippen molar-refractivity contribution < 1.29 is 14.3 Å². The lowest BCUT2D eigenvalue weighted by Crippen LogP contribution is -2.02. The van der Waals surface area contributed by atoms with Gasteiger partial charge in [-0.15, -0.1) is 11.3 Å². The van der Waals surface area contributed by atoms with E-state index in [0.717, 1.165) is 17.0 Å². The summed E-state index contributed by atoms with van der Waals surface area (Å²) in [6.45, 7) is 4.69. The zero-order valence-corrected chi connectivity index (χ0v) is 11.7. The largest absolute Gasteiger partial charge is 0.490 e. The van der Waals surface area contributed by atoms with E-state index in [0.29, 0.717) is 30.3 Å². The second kappa shape index (κ2) is 6.33. The number of carbonyl (C=O) groups is 1. The highest BCUT2D eigenvalue weighted by Gasteiger charge is 2.11. The molecule has 1 heterocycles. The van der Waals surface area contributed by atoms with Gasteiger partial charge in [-0.3, -0.25) is 4.79 Å². The molecule has 2 rings (SSSR count). The number of aldehydes is 1. The molecule has 0 amide bonds. The molecule has 0 aliphatic heterocycles. The van der Waals surface area contributed by atoms with Crippen molar-refractivity contribution in [2.75, 3.05) is 6.61 Å². The first-order valence-electron chi connectivity index (χ1n) is 5.99. The van der Waals surface area contributed by atoms with Gasteiger partial charge < -0.3 is 9.47 Å². The summed E-state index contributed by atoms with van der Waals surface area (Å²) in [5, 5.41) is 2.84. The van der Waals surface area contributed by atoms with Gasteiger partial charge in [0.15, 0.2) is 17.8 Å². The van der Waals surface area contributed by atoms with Gasteiger partial charge in [-0.1, -0.05) is 6.07 Å². The van der Waals surface area contributed by atoms with Crippen molar-refractivity contribution in [2.24, 2.45) is 0 Å². The van der Waals surface area contributed by atoms with Crippen LogP contribution in [0.4, 0.5) is 0 Å². The molecular formula is C14H15NO3S. The summed E-state index contributed by atoms with van der Waals surface area (Å²) in [5.41, 5.74) is 1.46. The molecule has 0 atom stereocenters. The van der Waals surface area contributed by atoms with E-state index < -0.39 is 0 Å². The molecule has 0 saturated carbocycles. The van der Waals surface area contributed by atoms with Gasteiger partial charge in [-0.25, -0.2) is 4.98 Å². The molecule has 100 valence electrons. The fraction of sp³-hybridized carbons (Fsp3) is 0.286. The van der Waals surface area contributed by atoms with Crippen LogP contribution in [-0.2, 0) is 6.61 Å². The second-order valence-electron chi connectivity index (χ2n) is 3.90. The molecule has 0 radical (unpaired) electrons. The van der Waals surface area contributed by atoms with Crippen LogP contribution in [0.5, 0.6) is 11.5 Å². The molecule has 2 aromatic rings. The number of thiazole rings is 1. The van der Waals surface area contributed by atoms with Crippen molar-refractivity contribution in [3.63, 3.8) is 0 Å². The Balaban J connectivity index is 2.19. The number of hydrogen-bond donors (Lipinski definition) is 0. The zero-order chi connectivity index (χ0) is 13.7. The third kappa shape index (κ3) is 3.32. The van der Waals surface area contributed by atoms with Gasteiger partial charge in [-0.05, 0) is 26.0 Å². The number of rotatable bonds is 6. The van der Waals surface area contributed by atoms with Gasteiger partial charge in [-0.2, -0.15) is 0 Å². The summed E-state index contributed by atoms with van der Waals surface area (Å²) < 4.78 is 11.2. The van der Waals surface area contributed by atoms with Crippen LogP contribution in [0, 0.1) is 6.92 Å². The van der Waals surface area contributed by atoms with Gasteiger partial charge in [0, 0.05) is 11.1 Å². The van der Waals surface area contributed by atoms with E-state index in [1.165, 1.54) is 11.3 Å². The molecule has 0 aliphatic rings. The third-order valence-electron chi connectivity index (χ3n) is 2.44. The zero-order valence-electron chi connectivity index (χ0n) is 10.9. The van der Waals surface area contributed by atoms with Crippen LogP contribution >= 0.6 is 11.3 Å². The second-order valence-corrected chi connectivity index (χ2v) is 4.84. The smallest absolute Gasteiger partial charge is 0.172 e. The number of nitrogens with zero attached hydrogens (tertiary/aromatic N) is 1. The van der Waals surface area contributed by atoms with Crippen LogP contribution in [0.2, 0.25) is 0 Å². The first kappa shape index (κ1) is 13.5. The highest BCUT2D eigenvalue weighted by atomic mass is 32.1. The van der Waals surface area contributed by atoms with Crippen LogP contribution in [-0.4, -0.2) is 17.9 Å². The number of benzene rings is 1. The SMILES string of the molecule is CCOc1cccc(C=O)c1OCc1nc(C)cs1.